The van der Waals surface area contributed by atoms with Crippen LogP contribution in [0.5, 0.6) is 0 Å². The van der Waals surface area contributed by atoms with Crippen LogP contribution in [0.1, 0.15) is 37.8 Å². The number of rotatable bonds is 6. The van der Waals surface area contributed by atoms with E-state index >= 15 is 0 Å². The molecule has 1 unspecified atom stereocenters. The Morgan fingerprint density at radius 1 is 1.28 bits per heavy atom. The molecule has 0 radical (unpaired) electrons. The van der Waals surface area contributed by atoms with Crippen LogP contribution >= 0.6 is 12.4 Å². The van der Waals surface area contributed by atoms with Crippen molar-refractivity contribution in [2.24, 2.45) is 17.6 Å². The van der Waals surface area contributed by atoms with Crippen molar-refractivity contribution in [1.82, 2.24) is 9.62 Å². The molecule has 0 aliphatic heterocycles. The van der Waals surface area contributed by atoms with E-state index in [9.17, 15) is 13.2 Å². The summed E-state index contributed by atoms with van der Waals surface area (Å²) in [6.07, 6.45) is 2.95. The number of carbonyl (C=O) groups excluding carboxylic acids is 1. The second-order valence-electron chi connectivity index (χ2n) is 6.62. The SMILES string of the molecule is CC(NC(=O)[C@@H]1CCC[C@@H]1CN)c1ccc(S(=O)(=O)N(C)C)cc1.Cl. The minimum Gasteiger partial charge on any atom is -0.349 e. The third-order valence-electron chi connectivity index (χ3n) is 4.82. The summed E-state index contributed by atoms with van der Waals surface area (Å²) in [4.78, 5) is 12.7. The number of benzene rings is 1. The molecule has 0 aromatic heterocycles. The van der Waals surface area contributed by atoms with Crippen LogP contribution in [0.2, 0.25) is 0 Å². The molecule has 6 nitrogen and oxygen atoms in total. The van der Waals surface area contributed by atoms with Gasteiger partial charge in [0.15, 0.2) is 0 Å². The molecule has 0 heterocycles. The van der Waals surface area contributed by atoms with Crippen molar-refractivity contribution in [1.29, 1.82) is 0 Å². The Hall–Kier alpha value is -1.15. The zero-order valence-corrected chi connectivity index (χ0v) is 16.6. The van der Waals surface area contributed by atoms with E-state index in [2.05, 4.69) is 5.32 Å². The first-order valence-electron chi connectivity index (χ1n) is 8.30. The normalized spacial score (nSPS) is 21.6. The first-order valence-corrected chi connectivity index (χ1v) is 9.74. The topological polar surface area (TPSA) is 92.5 Å². The molecule has 1 fully saturated rings. The second-order valence-corrected chi connectivity index (χ2v) is 8.77. The van der Waals surface area contributed by atoms with Gasteiger partial charge in [-0.15, -0.1) is 12.4 Å². The Labute approximate surface area is 156 Å². The molecule has 25 heavy (non-hydrogen) atoms. The molecule has 1 aromatic carbocycles. The number of hydrogen-bond acceptors (Lipinski definition) is 4. The molecule has 0 spiro atoms. The molecule has 1 aromatic rings. The highest BCUT2D eigenvalue weighted by molar-refractivity contribution is 7.89. The Morgan fingerprint density at radius 3 is 2.40 bits per heavy atom. The van der Waals surface area contributed by atoms with Crippen LogP contribution in [0, 0.1) is 11.8 Å². The van der Waals surface area contributed by atoms with E-state index in [-0.39, 0.29) is 41.1 Å². The third-order valence-corrected chi connectivity index (χ3v) is 6.65. The largest absolute Gasteiger partial charge is 0.349 e. The van der Waals surface area contributed by atoms with Gasteiger partial charge in [0.05, 0.1) is 10.9 Å². The van der Waals surface area contributed by atoms with E-state index in [0.29, 0.717) is 6.54 Å². The third kappa shape index (κ3) is 4.94. The van der Waals surface area contributed by atoms with Crippen molar-refractivity contribution < 1.29 is 13.2 Å². The number of nitrogens with one attached hydrogen (secondary N) is 1. The first kappa shape index (κ1) is 21.9. The highest BCUT2D eigenvalue weighted by Crippen LogP contribution is 2.31. The number of hydrogen-bond donors (Lipinski definition) is 2. The minimum atomic E-state index is -3.43. The zero-order chi connectivity index (χ0) is 17.9. The molecule has 1 saturated carbocycles. The maximum Gasteiger partial charge on any atom is 0.242 e. The van der Waals surface area contributed by atoms with Gasteiger partial charge in [-0.3, -0.25) is 4.79 Å². The summed E-state index contributed by atoms with van der Waals surface area (Å²) in [6.45, 7) is 2.45. The number of nitrogens with two attached hydrogens (primary N) is 1. The predicted molar refractivity (Wildman–Crippen MR) is 101 cm³/mol. The maximum atomic E-state index is 12.4. The average Bonchev–Trinajstić information content (AvgIpc) is 3.03. The fourth-order valence-corrected chi connectivity index (χ4v) is 4.11. The smallest absolute Gasteiger partial charge is 0.242 e. The van der Waals surface area contributed by atoms with E-state index in [1.165, 1.54) is 18.4 Å². The van der Waals surface area contributed by atoms with Gasteiger partial charge < -0.3 is 11.1 Å². The monoisotopic (exact) mass is 389 g/mol. The summed E-state index contributed by atoms with van der Waals surface area (Å²) in [5, 5.41) is 3.03. The summed E-state index contributed by atoms with van der Waals surface area (Å²) >= 11 is 0. The Bertz CT molecular complexity index is 677. The lowest BCUT2D eigenvalue weighted by atomic mass is 9.95. The second kappa shape index (κ2) is 8.98. The Kier molecular flexibility index (Phi) is 7.87. The molecule has 8 heteroatoms. The molecule has 3 atom stereocenters. The summed E-state index contributed by atoms with van der Waals surface area (Å²) < 4.78 is 25.3. The lowest BCUT2D eigenvalue weighted by molar-refractivity contribution is -0.126. The molecule has 0 saturated heterocycles. The van der Waals surface area contributed by atoms with E-state index in [1.807, 2.05) is 6.92 Å². The van der Waals surface area contributed by atoms with Gasteiger partial charge in [0.25, 0.3) is 0 Å². The van der Waals surface area contributed by atoms with E-state index in [0.717, 1.165) is 24.8 Å². The van der Waals surface area contributed by atoms with Crippen LogP contribution in [0.4, 0.5) is 0 Å². The van der Waals surface area contributed by atoms with Crippen LogP contribution < -0.4 is 11.1 Å². The minimum absolute atomic E-state index is 0. The summed E-state index contributed by atoms with van der Waals surface area (Å²) in [5.74, 6) is 0.302. The van der Waals surface area contributed by atoms with Gasteiger partial charge in [-0.2, -0.15) is 0 Å². The molecular formula is C17H28ClN3O3S. The first-order chi connectivity index (χ1) is 11.3. The summed E-state index contributed by atoms with van der Waals surface area (Å²) in [5.41, 5.74) is 6.62. The molecular weight excluding hydrogens is 362 g/mol. The fourth-order valence-electron chi connectivity index (χ4n) is 3.21. The quantitative estimate of drug-likeness (QED) is 0.777. The van der Waals surface area contributed by atoms with Gasteiger partial charge in [-0.25, -0.2) is 12.7 Å². The van der Waals surface area contributed by atoms with Crippen LogP contribution in [-0.4, -0.2) is 39.3 Å². The number of nitrogens with zero attached hydrogens (tertiary/aromatic N) is 1. The van der Waals surface area contributed by atoms with Crippen molar-refractivity contribution in [3.63, 3.8) is 0 Å². The molecule has 2 rings (SSSR count). The molecule has 3 N–H and O–H groups in total. The van der Waals surface area contributed by atoms with Crippen molar-refractivity contribution in [2.75, 3.05) is 20.6 Å². The highest BCUT2D eigenvalue weighted by Gasteiger charge is 2.32. The number of sulfonamides is 1. The van der Waals surface area contributed by atoms with Gasteiger partial charge in [0.2, 0.25) is 15.9 Å². The Morgan fingerprint density at radius 2 is 1.88 bits per heavy atom. The van der Waals surface area contributed by atoms with E-state index in [1.54, 1.807) is 24.3 Å². The van der Waals surface area contributed by atoms with Gasteiger partial charge in [0.1, 0.15) is 0 Å². The van der Waals surface area contributed by atoms with Gasteiger partial charge in [-0.1, -0.05) is 18.6 Å². The predicted octanol–water partition coefficient (Wildman–Crippen LogP) is 1.91. The molecule has 1 amide bonds. The maximum absolute atomic E-state index is 12.4. The lowest BCUT2D eigenvalue weighted by Crippen LogP contribution is -2.36. The Balaban J connectivity index is 0.00000312. The average molecular weight is 390 g/mol. The summed E-state index contributed by atoms with van der Waals surface area (Å²) in [7, 11) is -0.431. The van der Waals surface area contributed by atoms with Crippen molar-refractivity contribution in [2.45, 2.75) is 37.1 Å². The van der Waals surface area contributed by atoms with Crippen molar-refractivity contribution in [3.05, 3.63) is 29.8 Å². The number of halogens is 1. The summed E-state index contributed by atoms with van der Waals surface area (Å²) in [6, 6.07) is 6.47. The van der Waals surface area contributed by atoms with Crippen LogP contribution in [0.25, 0.3) is 0 Å². The molecule has 0 bridgehead atoms. The van der Waals surface area contributed by atoms with E-state index in [4.69, 9.17) is 5.73 Å². The van der Waals surface area contributed by atoms with Crippen LogP contribution in [0.15, 0.2) is 29.2 Å². The number of carbonyl (C=O) groups is 1. The van der Waals surface area contributed by atoms with Gasteiger partial charge in [-0.05, 0) is 49.9 Å². The highest BCUT2D eigenvalue weighted by atomic mass is 35.5. The number of amides is 1. The van der Waals surface area contributed by atoms with Crippen molar-refractivity contribution in [3.8, 4) is 0 Å². The molecule has 142 valence electrons. The van der Waals surface area contributed by atoms with E-state index < -0.39 is 10.0 Å². The molecule has 1 aliphatic carbocycles. The van der Waals surface area contributed by atoms with Crippen LogP contribution in [-0.2, 0) is 14.8 Å². The van der Waals surface area contributed by atoms with Gasteiger partial charge in [0, 0.05) is 20.0 Å². The van der Waals surface area contributed by atoms with Crippen LogP contribution in [0.3, 0.4) is 0 Å². The molecule has 1 aliphatic rings. The standard InChI is InChI=1S/C17H27N3O3S.ClH/c1-12(19-17(21)16-6-4-5-14(16)11-18)13-7-9-15(10-8-13)24(22,23)20(2)3;/h7-10,12,14,16H,4-6,11,18H2,1-3H3,(H,19,21);1H/t12?,14-,16-;/m1./s1. The lowest BCUT2D eigenvalue weighted by Gasteiger charge is -2.21. The zero-order valence-electron chi connectivity index (χ0n) is 14.9. The van der Waals surface area contributed by atoms with Gasteiger partial charge >= 0.3 is 0 Å². The van der Waals surface area contributed by atoms with Crippen molar-refractivity contribution >= 4 is 28.3 Å². The fraction of sp³-hybridized carbons (Fsp3) is 0.588.